The Morgan fingerprint density at radius 2 is 2.06 bits per heavy atom. The number of nitrogens with one attached hydrogen (secondary N) is 1. The van der Waals surface area contributed by atoms with E-state index in [1.807, 2.05) is 0 Å². The van der Waals surface area contributed by atoms with Crippen molar-refractivity contribution in [2.45, 2.75) is 11.4 Å². The summed E-state index contributed by atoms with van der Waals surface area (Å²) in [7, 11) is -3.67. The Hall–Kier alpha value is -1.51. The smallest absolute Gasteiger partial charge is 0.244 e. The predicted octanol–water partition coefficient (Wildman–Crippen LogP) is 0.597. The molecule has 90 valence electrons. The molecule has 0 unspecified atom stereocenters. The van der Waals surface area contributed by atoms with Crippen LogP contribution in [0.25, 0.3) is 0 Å². The van der Waals surface area contributed by atoms with E-state index in [9.17, 15) is 8.42 Å². The van der Waals surface area contributed by atoms with Crippen LogP contribution in [0.1, 0.15) is 5.69 Å². The van der Waals surface area contributed by atoms with Crippen LogP contribution < -0.4 is 4.72 Å². The summed E-state index contributed by atoms with van der Waals surface area (Å²) in [6, 6.07) is 1.56. The molecule has 0 bridgehead atoms. The van der Waals surface area contributed by atoms with Crippen molar-refractivity contribution in [1.82, 2.24) is 19.8 Å². The molecule has 0 aliphatic rings. The molecule has 2 rings (SSSR count). The molecule has 0 spiro atoms. The molecule has 0 aliphatic carbocycles. The Morgan fingerprint density at radius 3 is 2.65 bits per heavy atom. The first-order chi connectivity index (χ1) is 8.08. The highest BCUT2D eigenvalue weighted by Gasteiger charge is 2.15. The fraction of sp³-hybridized carbons (Fsp3) is 0.125. The normalized spacial score (nSPS) is 11.6. The minimum Gasteiger partial charge on any atom is -0.364 e. The molecule has 7 nitrogen and oxygen atoms in total. The number of halogens is 1. The number of hydrogen-bond donors (Lipinski definition) is 1. The maximum absolute atomic E-state index is 11.7. The van der Waals surface area contributed by atoms with Crippen molar-refractivity contribution in [2.75, 3.05) is 0 Å². The lowest BCUT2D eigenvalue weighted by Gasteiger charge is -2.03. The summed E-state index contributed by atoms with van der Waals surface area (Å²) in [6.07, 6.45) is 3.61. The van der Waals surface area contributed by atoms with Gasteiger partial charge in [-0.25, -0.2) is 23.1 Å². The van der Waals surface area contributed by atoms with Crippen LogP contribution >= 0.6 is 11.6 Å². The van der Waals surface area contributed by atoms with Crippen LogP contribution in [0.4, 0.5) is 0 Å². The third kappa shape index (κ3) is 2.99. The van der Waals surface area contributed by atoms with E-state index in [0.717, 1.165) is 12.4 Å². The molecule has 0 aromatic carbocycles. The number of nitrogens with zero attached hydrogens (tertiary/aromatic N) is 3. The highest BCUT2D eigenvalue weighted by Crippen LogP contribution is 2.08. The molecule has 0 radical (unpaired) electrons. The first kappa shape index (κ1) is 12.0. The Balaban J connectivity index is 2.11. The van der Waals surface area contributed by atoms with Crippen LogP contribution in [0, 0.1) is 0 Å². The summed E-state index contributed by atoms with van der Waals surface area (Å²) in [5.41, 5.74) is 0.475. The van der Waals surface area contributed by atoms with Gasteiger partial charge in [0.1, 0.15) is 11.2 Å². The van der Waals surface area contributed by atoms with Crippen molar-refractivity contribution in [3.8, 4) is 0 Å². The van der Waals surface area contributed by atoms with Crippen molar-refractivity contribution in [1.29, 1.82) is 0 Å². The minimum absolute atomic E-state index is 0.0135. The van der Waals surface area contributed by atoms with E-state index in [4.69, 9.17) is 11.6 Å². The molecular formula is C8H7ClN4O3S. The Bertz CT molecular complexity index is 582. The van der Waals surface area contributed by atoms with E-state index in [1.165, 1.54) is 6.26 Å². The molecule has 0 saturated carbocycles. The molecule has 0 fully saturated rings. The molecular weight excluding hydrogens is 268 g/mol. The SMILES string of the molecule is O=S(=O)(NCc1ccon1)c1cnc(Cl)nc1. The zero-order valence-corrected chi connectivity index (χ0v) is 9.94. The summed E-state index contributed by atoms with van der Waals surface area (Å²) < 4.78 is 30.4. The van der Waals surface area contributed by atoms with Crippen molar-refractivity contribution in [3.05, 3.63) is 35.7 Å². The number of sulfonamides is 1. The Labute approximate surface area is 102 Å². The van der Waals surface area contributed by atoms with Crippen LogP contribution in [0.3, 0.4) is 0 Å². The van der Waals surface area contributed by atoms with Crippen LogP contribution in [0.15, 0.2) is 34.1 Å². The van der Waals surface area contributed by atoms with E-state index in [2.05, 4.69) is 24.4 Å². The van der Waals surface area contributed by atoms with E-state index < -0.39 is 10.0 Å². The first-order valence-electron chi connectivity index (χ1n) is 4.44. The molecule has 2 aromatic heterocycles. The maximum Gasteiger partial charge on any atom is 0.244 e. The molecule has 0 amide bonds. The van der Waals surface area contributed by atoms with Crippen molar-refractivity contribution < 1.29 is 12.9 Å². The molecule has 2 aromatic rings. The third-order valence-corrected chi connectivity index (χ3v) is 3.39. The van der Waals surface area contributed by atoms with Gasteiger partial charge in [-0.05, 0) is 11.6 Å². The van der Waals surface area contributed by atoms with Gasteiger partial charge in [0.2, 0.25) is 15.3 Å². The van der Waals surface area contributed by atoms with Gasteiger partial charge in [-0.3, -0.25) is 0 Å². The van der Waals surface area contributed by atoms with E-state index in [-0.39, 0.29) is 16.7 Å². The molecule has 1 N–H and O–H groups in total. The monoisotopic (exact) mass is 274 g/mol. The van der Waals surface area contributed by atoms with Gasteiger partial charge in [0.25, 0.3) is 0 Å². The average Bonchev–Trinajstić information content (AvgIpc) is 2.80. The number of aromatic nitrogens is 3. The molecule has 0 saturated heterocycles. The van der Waals surface area contributed by atoms with Gasteiger partial charge >= 0.3 is 0 Å². The van der Waals surface area contributed by atoms with Crippen LogP contribution in [-0.4, -0.2) is 23.5 Å². The molecule has 0 atom stereocenters. The fourth-order valence-corrected chi connectivity index (χ4v) is 2.01. The van der Waals surface area contributed by atoms with Gasteiger partial charge in [-0.2, -0.15) is 0 Å². The second-order valence-electron chi connectivity index (χ2n) is 3.00. The van der Waals surface area contributed by atoms with Gasteiger partial charge < -0.3 is 4.52 Å². The van der Waals surface area contributed by atoms with E-state index >= 15 is 0 Å². The topological polar surface area (TPSA) is 98.0 Å². The highest BCUT2D eigenvalue weighted by molar-refractivity contribution is 7.89. The standard InChI is InChI=1S/C8H7ClN4O3S/c9-8-10-4-7(5-11-8)17(14,15)12-3-6-1-2-16-13-6/h1-2,4-5,12H,3H2. The summed E-state index contributed by atoms with van der Waals surface area (Å²) in [5.74, 6) is 0. The van der Waals surface area contributed by atoms with Crippen molar-refractivity contribution >= 4 is 21.6 Å². The second kappa shape index (κ2) is 4.78. The van der Waals surface area contributed by atoms with Gasteiger partial charge in [0.05, 0.1) is 24.6 Å². The fourth-order valence-electron chi connectivity index (χ4n) is 1.02. The third-order valence-electron chi connectivity index (χ3n) is 1.84. The summed E-state index contributed by atoms with van der Waals surface area (Å²) >= 11 is 5.46. The van der Waals surface area contributed by atoms with Crippen LogP contribution in [-0.2, 0) is 16.6 Å². The first-order valence-corrected chi connectivity index (χ1v) is 6.30. The lowest BCUT2D eigenvalue weighted by molar-refractivity contribution is 0.411. The van der Waals surface area contributed by atoms with Gasteiger partial charge in [0, 0.05) is 6.07 Å². The van der Waals surface area contributed by atoms with Gasteiger partial charge in [-0.1, -0.05) is 5.16 Å². The zero-order chi connectivity index (χ0) is 12.3. The second-order valence-corrected chi connectivity index (χ2v) is 5.11. The number of rotatable bonds is 4. The molecule has 9 heteroatoms. The van der Waals surface area contributed by atoms with Crippen LogP contribution in [0.2, 0.25) is 5.28 Å². The lowest BCUT2D eigenvalue weighted by atomic mass is 10.5. The zero-order valence-electron chi connectivity index (χ0n) is 8.37. The van der Waals surface area contributed by atoms with E-state index in [0.29, 0.717) is 5.69 Å². The van der Waals surface area contributed by atoms with E-state index in [1.54, 1.807) is 6.07 Å². The van der Waals surface area contributed by atoms with Crippen LogP contribution in [0.5, 0.6) is 0 Å². The Morgan fingerprint density at radius 1 is 1.35 bits per heavy atom. The predicted molar refractivity (Wildman–Crippen MR) is 57.6 cm³/mol. The largest absolute Gasteiger partial charge is 0.364 e. The average molecular weight is 275 g/mol. The minimum atomic E-state index is -3.67. The van der Waals surface area contributed by atoms with Crippen molar-refractivity contribution in [3.63, 3.8) is 0 Å². The number of hydrogen-bond acceptors (Lipinski definition) is 6. The summed E-state index contributed by atoms with van der Waals surface area (Å²) in [5, 5.41) is 3.56. The van der Waals surface area contributed by atoms with Crippen molar-refractivity contribution in [2.24, 2.45) is 0 Å². The van der Waals surface area contributed by atoms with Gasteiger partial charge in [-0.15, -0.1) is 0 Å². The molecule has 2 heterocycles. The van der Waals surface area contributed by atoms with Gasteiger partial charge in [0.15, 0.2) is 0 Å². The summed E-state index contributed by atoms with van der Waals surface area (Å²) in [6.45, 7) is 0.0292. The Kier molecular flexibility index (Phi) is 3.36. The highest BCUT2D eigenvalue weighted by atomic mass is 35.5. The quantitative estimate of drug-likeness (QED) is 0.820. The lowest BCUT2D eigenvalue weighted by Crippen LogP contribution is -2.23. The summed E-state index contributed by atoms with van der Waals surface area (Å²) in [4.78, 5) is 7.12. The molecule has 0 aliphatic heterocycles. The molecule has 17 heavy (non-hydrogen) atoms. The maximum atomic E-state index is 11.7.